The normalized spacial score (nSPS) is 21.4. The number of benzene rings is 2. The van der Waals surface area contributed by atoms with Gasteiger partial charge < -0.3 is 29.9 Å². The molecule has 9 heteroatoms. The highest BCUT2D eigenvalue weighted by atomic mass is 16.5. The number of amides is 2. The number of aryl methyl sites for hydroxylation is 1. The van der Waals surface area contributed by atoms with E-state index >= 15 is 0 Å². The summed E-state index contributed by atoms with van der Waals surface area (Å²) in [6.07, 6.45) is 0.488. The number of rotatable bonds is 10. The lowest BCUT2D eigenvalue weighted by Crippen LogP contribution is -2.55. The van der Waals surface area contributed by atoms with E-state index in [1.165, 1.54) is 13.2 Å². The van der Waals surface area contributed by atoms with Crippen molar-refractivity contribution in [1.82, 2.24) is 10.2 Å². The highest BCUT2D eigenvalue weighted by molar-refractivity contribution is 5.96. The molecule has 3 N–H and O–H groups in total. The van der Waals surface area contributed by atoms with Crippen molar-refractivity contribution in [1.29, 1.82) is 0 Å². The van der Waals surface area contributed by atoms with Gasteiger partial charge in [-0.3, -0.25) is 14.4 Å². The van der Waals surface area contributed by atoms with Crippen molar-refractivity contribution < 1.29 is 34.1 Å². The Labute approximate surface area is 228 Å². The second-order valence-electron chi connectivity index (χ2n) is 10.5. The molecule has 2 amide bonds. The zero-order valence-electron chi connectivity index (χ0n) is 22.7. The number of methoxy groups -OCH3 is 1. The summed E-state index contributed by atoms with van der Waals surface area (Å²) in [5, 5.41) is 23.7. The molecule has 2 aromatic carbocycles. The van der Waals surface area contributed by atoms with Crippen LogP contribution in [0, 0.1) is 12.8 Å². The fourth-order valence-corrected chi connectivity index (χ4v) is 5.28. The van der Waals surface area contributed by atoms with Gasteiger partial charge in [-0.2, -0.15) is 0 Å². The first-order valence-electron chi connectivity index (χ1n) is 13.2. The van der Waals surface area contributed by atoms with Gasteiger partial charge in [-0.25, -0.2) is 0 Å². The Kier molecular flexibility index (Phi) is 8.72. The maximum absolute atomic E-state index is 13.6. The number of hydrogen-bond donors (Lipinski definition) is 3. The second kappa shape index (κ2) is 12.0. The van der Waals surface area contributed by atoms with Crippen LogP contribution in [0.15, 0.2) is 48.0 Å². The van der Waals surface area contributed by atoms with Gasteiger partial charge in [0.15, 0.2) is 11.5 Å². The van der Waals surface area contributed by atoms with Crippen molar-refractivity contribution in [3.63, 3.8) is 0 Å². The summed E-state index contributed by atoms with van der Waals surface area (Å²) in [6.45, 7) is 5.90. The van der Waals surface area contributed by atoms with Gasteiger partial charge in [0.05, 0.1) is 25.7 Å². The lowest BCUT2D eigenvalue weighted by molar-refractivity contribution is -0.138. The van der Waals surface area contributed by atoms with Gasteiger partial charge in [-0.05, 0) is 36.6 Å². The van der Waals surface area contributed by atoms with Gasteiger partial charge >= 0.3 is 0 Å². The molecule has 9 nitrogen and oxygen atoms in total. The van der Waals surface area contributed by atoms with E-state index in [1.807, 2.05) is 45.0 Å². The smallest absolute Gasteiger partial charge is 0.247 e. The summed E-state index contributed by atoms with van der Waals surface area (Å²) in [5.41, 5.74) is 3.15. The molecule has 0 bridgehead atoms. The maximum atomic E-state index is 13.6. The Balaban J connectivity index is 1.82. The third-order valence-corrected chi connectivity index (χ3v) is 7.15. The Bertz CT molecular complexity index is 1250. The summed E-state index contributed by atoms with van der Waals surface area (Å²) in [6, 6.07) is 10.1. The van der Waals surface area contributed by atoms with Crippen molar-refractivity contribution in [2.75, 3.05) is 20.3 Å². The molecule has 1 aliphatic heterocycles. The van der Waals surface area contributed by atoms with E-state index in [0.29, 0.717) is 34.5 Å². The van der Waals surface area contributed by atoms with Gasteiger partial charge in [0.25, 0.3) is 0 Å². The minimum absolute atomic E-state index is 0.0333. The number of nitrogens with one attached hydrogen (secondary N) is 1. The lowest BCUT2D eigenvalue weighted by Gasteiger charge is -2.41. The molecule has 39 heavy (non-hydrogen) atoms. The minimum Gasteiger partial charge on any atom is -0.493 e. The first-order valence-corrected chi connectivity index (χ1v) is 13.2. The van der Waals surface area contributed by atoms with Crippen LogP contribution in [0.25, 0.3) is 0 Å². The molecule has 0 radical (unpaired) electrons. The van der Waals surface area contributed by atoms with Crippen LogP contribution in [0.5, 0.6) is 11.5 Å². The second-order valence-corrected chi connectivity index (χ2v) is 10.5. The quantitative estimate of drug-likeness (QED) is 0.399. The van der Waals surface area contributed by atoms with E-state index in [0.717, 1.165) is 11.1 Å². The third-order valence-electron chi connectivity index (χ3n) is 7.15. The maximum Gasteiger partial charge on any atom is 0.247 e. The molecule has 0 saturated carbocycles. The number of hydrogen-bond acceptors (Lipinski definition) is 7. The van der Waals surface area contributed by atoms with Gasteiger partial charge in [0.2, 0.25) is 11.8 Å². The van der Waals surface area contributed by atoms with Gasteiger partial charge in [-0.1, -0.05) is 43.7 Å². The Morgan fingerprint density at radius 1 is 1.21 bits per heavy atom. The highest BCUT2D eigenvalue weighted by Gasteiger charge is 2.51. The molecule has 1 aliphatic carbocycles. The summed E-state index contributed by atoms with van der Waals surface area (Å²) in [5.74, 6) is -0.571. The van der Waals surface area contributed by atoms with Crippen molar-refractivity contribution in [2.24, 2.45) is 5.92 Å². The zero-order chi connectivity index (χ0) is 28.3. The third kappa shape index (κ3) is 5.84. The van der Waals surface area contributed by atoms with Crippen molar-refractivity contribution in [2.45, 2.75) is 57.9 Å². The topological polar surface area (TPSA) is 125 Å². The van der Waals surface area contributed by atoms with Crippen LogP contribution in [-0.2, 0) is 16.1 Å². The van der Waals surface area contributed by atoms with Crippen LogP contribution >= 0.6 is 0 Å². The van der Waals surface area contributed by atoms with Gasteiger partial charge in [0.1, 0.15) is 18.5 Å². The summed E-state index contributed by atoms with van der Waals surface area (Å²) < 4.78 is 11.7. The summed E-state index contributed by atoms with van der Waals surface area (Å²) >= 11 is 0. The number of aliphatic hydroxyl groups is 2. The van der Waals surface area contributed by atoms with Gasteiger partial charge in [-0.15, -0.1) is 0 Å². The Hall–Kier alpha value is -3.69. The van der Waals surface area contributed by atoms with Crippen molar-refractivity contribution >= 4 is 18.1 Å². The molecular formula is C30H36N2O7. The number of carbonyl (C=O) groups excluding carboxylic acids is 3. The van der Waals surface area contributed by atoms with Crippen molar-refractivity contribution in [3.8, 4) is 11.5 Å². The first-order chi connectivity index (χ1) is 18.7. The molecule has 0 aromatic heterocycles. The molecule has 4 unspecified atom stereocenters. The minimum atomic E-state index is -1.18. The molecular weight excluding hydrogens is 500 g/mol. The number of fused-ring (bicyclic) bond motifs is 3. The molecule has 4 rings (SSSR count). The molecule has 4 atom stereocenters. The summed E-state index contributed by atoms with van der Waals surface area (Å²) in [4.78, 5) is 40.2. The molecule has 1 heterocycles. The molecule has 208 valence electrons. The van der Waals surface area contributed by atoms with E-state index in [9.17, 15) is 24.6 Å². The van der Waals surface area contributed by atoms with E-state index in [1.54, 1.807) is 17.0 Å². The van der Waals surface area contributed by atoms with Crippen LogP contribution < -0.4 is 14.8 Å². The zero-order valence-corrected chi connectivity index (χ0v) is 22.7. The standard InChI is InChI=1S/C30H36N2O7/c1-17(2)11-25(35)32(15-19-7-5-18(3)6-8-19)23-14-22(30(37)31-9-10-33)26-21-12-20(16-34)13-24(38-4)28(21)39-29(26)27(23)36/h5-8,12-14,16-17,23,26-27,29,33,36H,9-11,15H2,1-4H3,(H,31,37). The van der Waals surface area contributed by atoms with Crippen LogP contribution in [0.3, 0.4) is 0 Å². The molecule has 0 saturated heterocycles. The van der Waals surface area contributed by atoms with Crippen LogP contribution in [0.2, 0.25) is 0 Å². The van der Waals surface area contributed by atoms with Gasteiger partial charge in [0, 0.05) is 36.2 Å². The monoisotopic (exact) mass is 536 g/mol. The van der Waals surface area contributed by atoms with E-state index < -0.39 is 30.1 Å². The number of nitrogens with zero attached hydrogens (tertiary/aromatic N) is 1. The van der Waals surface area contributed by atoms with E-state index in [-0.39, 0.29) is 37.9 Å². The molecule has 2 aromatic rings. The van der Waals surface area contributed by atoms with Crippen LogP contribution in [0.4, 0.5) is 0 Å². The summed E-state index contributed by atoms with van der Waals surface area (Å²) in [7, 11) is 1.45. The van der Waals surface area contributed by atoms with E-state index in [2.05, 4.69) is 5.32 Å². The number of carbonyl (C=O) groups is 3. The first kappa shape index (κ1) is 28.3. The Morgan fingerprint density at radius 2 is 1.92 bits per heavy atom. The molecule has 0 fully saturated rings. The predicted octanol–water partition coefficient (Wildman–Crippen LogP) is 2.51. The predicted molar refractivity (Wildman–Crippen MR) is 145 cm³/mol. The number of aldehydes is 1. The number of aliphatic hydroxyl groups excluding tert-OH is 2. The fraction of sp³-hybridized carbons (Fsp3) is 0.433. The molecule has 2 aliphatic rings. The highest BCUT2D eigenvalue weighted by Crippen LogP contribution is 2.51. The Morgan fingerprint density at radius 3 is 2.54 bits per heavy atom. The van der Waals surface area contributed by atoms with Crippen molar-refractivity contribution in [3.05, 3.63) is 70.3 Å². The molecule has 0 spiro atoms. The largest absolute Gasteiger partial charge is 0.493 e. The average molecular weight is 537 g/mol. The van der Waals surface area contributed by atoms with Crippen LogP contribution in [-0.4, -0.2) is 71.7 Å². The number of ether oxygens (including phenoxy) is 2. The lowest BCUT2D eigenvalue weighted by atomic mass is 9.77. The fourth-order valence-electron chi connectivity index (χ4n) is 5.28. The van der Waals surface area contributed by atoms with E-state index in [4.69, 9.17) is 9.47 Å². The van der Waals surface area contributed by atoms with Crippen LogP contribution in [0.1, 0.15) is 53.2 Å². The SMILES string of the molecule is COc1cc(C=O)cc2c1OC1C2C(C(=O)NCCO)=CC(N(Cc2ccc(C)cc2)C(=O)CC(C)C)C1O. The average Bonchev–Trinajstić information content (AvgIpc) is 3.31.